The molecule has 0 bridgehead atoms. The zero-order chi connectivity index (χ0) is 14.3. The molecular weight excluding hydrogens is 304 g/mol. The first kappa shape index (κ1) is 16.5. The van der Waals surface area contributed by atoms with E-state index in [4.69, 9.17) is 10.5 Å². The molecule has 4 heteroatoms. The van der Waals surface area contributed by atoms with E-state index in [1.165, 1.54) is 5.56 Å². The molecule has 0 saturated carbocycles. The van der Waals surface area contributed by atoms with Crippen molar-refractivity contribution in [2.24, 2.45) is 11.1 Å². The number of rotatable bonds is 8. The van der Waals surface area contributed by atoms with Crippen molar-refractivity contribution in [2.75, 3.05) is 26.7 Å². The average Bonchev–Trinajstić information content (AvgIpc) is 2.35. The van der Waals surface area contributed by atoms with Gasteiger partial charge in [-0.2, -0.15) is 0 Å². The van der Waals surface area contributed by atoms with Crippen LogP contribution in [-0.2, 0) is 6.42 Å². The number of benzene rings is 1. The zero-order valence-electron chi connectivity index (χ0n) is 12.1. The second kappa shape index (κ2) is 7.88. The van der Waals surface area contributed by atoms with Crippen molar-refractivity contribution < 1.29 is 4.74 Å². The highest BCUT2D eigenvalue weighted by molar-refractivity contribution is 9.10. The number of halogens is 1. The maximum atomic E-state index is 5.61. The fourth-order valence-corrected chi connectivity index (χ4v) is 2.48. The number of hydrogen-bond donors (Lipinski definition) is 2. The molecule has 0 aromatic heterocycles. The summed E-state index contributed by atoms with van der Waals surface area (Å²) < 4.78 is 6.46. The molecule has 0 unspecified atom stereocenters. The molecule has 0 aliphatic heterocycles. The molecule has 0 spiro atoms. The van der Waals surface area contributed by atoms with Crippen LogP contribution in [0, 0.1) is 5.41 Å². The Bertz CT molecular complexity index is 394. The van der Waals surface area contributed by atoms with Gasteiger partial charge < -0.3 is 15.8 Å². The molecule has 3 N–H and O–H groups in total. The third-order valence-corrected chi connectivity index (χ3v) is 3.73. The number of ether oxygens (including phenoxy) is 1. The van der Waals surface area contributed by atoms with Gasteiger partial charge in [0.15, 0.2) is 0 Å². The summed E-state index contributed by atoms with van der Waals surface area (Å²) in [6, 6.07) is 6.11. The Morgan fingerprint density at radius 1 is 1.37 bits per heavy atom. The van der Waals surface area contributed by atoms with Crippen LogP contribution in [0.3, 0.4) is 0 Å². The monoisotopic (exact) mass is 328 g/mol. The first-order chi connectivity index (χ1) is 8.98. The van der Waals surface area contributed by atoms with Gasteiger partial charge >= 0.3 is 0 Å². The molecule has 108 valence electrons. The van der Waals surface area contributed by atoms with Gasteiger partial charge in [0.05, 0.1) is 7.11 Å². The van der Waals surface area contributed by atoms with Crippen LogP contribution in [0.1, 0.15) is 25.8 Å². The van der Waals surface area contributed by atoms with Crippen LogP contribution >= 0.6 is 15.9 Å². The van der Waals surface area contributed by atoms with Crippen molar-refractivity contribution in [1.82, 2.24) is 5.32 Å². The largest absolute Gasteiger partial charge is 0.496 e. The van der Waals surface area contributed by atoms with Crippen molar-refractivity contribution in [3.05, 3.63) is 28.2 Å². The van der Waals surface area contributed by atoms with E-state index in [2.05, 4.69) is 41.2 Å². The second-order valence-electron chi connectivity index (χ2n) is 5.59. The van der Waals surface area contributed by atoms with Crippen LogP contribution in [0.5, 0.6) is 5.75 Å². The first-order valence-corrected chi connectivity index (χ1v) is 7.51. The second-order valence-corrected chi connectivity index (χ2v) is 6.50. The van der Waals surface area contributed by atoms with Crippen LogP contribution in [0.25, 0.3) is 0 Å². The summed E-state index contributed by atoms with van der Waals surface area (Å²) in [7, 11) is 1.71. The van der Waals surface area contributed by atoms with Crippen molar-refractivity contribution in [3.63, 3.8) is 0 Å². The molecule has 0 atom stereocenters. The Morgan fingerprint density at radius 3 is 2.74 bits per heavy atom. The van der Waals surface area contributed by atoms with Crippen LogP contribution in [0.15, 0.2) is 22.7 Å². The Kier molecular flexibility index (Phi) is 6.83. The van der Waals surface area contributed by atoms with E-state index in [1.54, 1.807) is 7.11 Å². The lowest BCUT2D eigenvalue weighted by molar-refractivity contribution is 0.320. The van der Waals surface area contributed by atoms with E-state index in [-0.39, 0.29) is 5.41 Å². The van der Waals surface area contributed by atoms with Crippen molar-refractivity contribution in [1.29, 1.82) is 0 Å². The predicted octanol–water partition coefficient (Wildman–Crippen LogP) is 2.96. The summed E-state index contributed by atoms with van der Waals surface area (Å²) >= 11 is 3.50. The minimum absolute atomic E-state index is 0.260. The van der Waals surface area contributed by atoms with E-state index >= 15 is 0 Å². The summed E-state index contributed by atoms with van der Waals surface area (Å²) in [5, 5.41) is 3.50. The molecule has 1 aromatic rings. The highest BCUT2D eigenvalue weighted by Gasteiger charge is 2.15. The molecule has 1 rings (SSSR count). The molecule has 3 nitrogen and oxygen atoms in total. The van der Waals surface area contributed by atoms with Crippen molar-refractivity contribution >= 4 is 15.9 Å². The van der Waals surface area contributed by atoms with Gasteiger partial charge in [0.25, 0.3) is 0 Å². The smallest absolute Gasteiger partial charge is 0.122 e. The lowest BCUT2D eigenvalue weighted by atomic mass is 9.89. The molecule has 19 heavy (non-hydrogen) atoms. The Morgan fingerprint density at radius 2 is 2.11 bits per heavy atom. The SMILES string of the molecule is COc1ccc(Br)cc1CCNCC(C)(C)CCN. The van der Waals surface area contributed by atoms with Gasteiger partial charge in [-0.3, -0.25) is 0 Å². The number of methoxy groups -OCH3 is 1. The maximum Gasteiger partial charge on any atom is 0.122 e. The van der Waals surface area contributed by atoms with Crippen LogP contribution in [0.2, 0.25) is 0 Å². The Hall–Kier alpha value is -0.580. The summed E-state index contributed by atoms with van der Waals surface area (Å²) in [6.07, 6.45) is 2.00. The molecule has 0 radical (unpaired) electrons. The molecule has 0 aliphatic rings. The third-order valence-electron chi connectivity index (χ3n) is 3.24. The van der Waals surface area contributed by atoms with Crippen molar-refractivity contribution in [2.45, 2.75) is 26.7 Å². The molecule has 0 aliphatic carbocycles. The predicted molar refractivity (Wildman–Crippen MR) is 84.7 cm³/mol. The molecule has 0 amide bonds. The lowest BCUT2D eigenvalue weighted by Gasteiger charge is -2.24. The van der Waals surface area contributed by atoms with Gasteiger partial charge in [0.2, 0.25) is 0 Å². The van der Waals surface area contributed by atoms with E-state index in [1.807, 2.05) is 12.1 Å². The highest BCUT2D eigenvalue weighted by Crippen LogP contribution is 2.23. The van der Waals surface area contributed by atoms with E-state index in [0.717, 1.165) is 42.7 Å². The van der Waals surface area contributed by atoms with Gasteiger partial charge in [-0.25, -0.2) is 0 Å². The average molecular weight is 329 g/mol. The number of hydrogen-bond acceptors (Lipinski definition) is 3. The molecule has 1 aromatic carbocycles. The molecule has 0 heterocycles. The fraction of sp³-hybridized carbons (Fsp3) is 0.600. The summed E-state index contributed by atoms with van der Waals surface area (Å²) in [4.78, 5) is 0. The van der Waals surface area contributed by atoms with E-state index in [9.17, 15) is 0 Å². The van der Waals surface area contributed by atoms with Crippen molar-refractivity contribution in [3.8, 4) is 5.75 Å². The van der Waals surface area contributed by atoms with Gasteiger partial charge in [0, 0.05) is 11.0 Å². The molecule has 0 fully saturated rings. The lowest BCUT2D eigenvalue weighted by Crippen LogP contribution is -2.32. The van der Waals surface area contributed by atoms with Gasteiger partial charge in [-0.1, -0.05) is 29.8 Å². The topological polar surface area (TPSA) is 47.3 Å². The minimum Gasteiger partial charge on any atom is -0.496 e. The van der Waals surface area contributed by atoms with Gasteiger partial charge in [-0.05, 0) is 55.1 Å². The minimum atomic E-state index is 0.260. The van der Waals surface area contributed by atoms with Gasteiger partial charge in [-0.15, -0.1) is 0 Å². The van der Waals surface area contributed by atoms with E-state index in [0.29, 0.717) is 0 Å². The summed E-state index contributed by atoms with van der Waals surface area (Å²) in [6.45, 7) is 7.16. The zero-order valence-corrected chi connectivity index (χ0v) is 13.7. The Balaban J connectivity index is 2.43. The standard InChI is InChI=1S/C15H25BrN2O/c1-15(2,7-8-17)11-18-9-6-12-10-13(16)4-5-14(12)19-3/h4-5,10,18H,6-9,11,17H2,1-3H3. The van der Waals surface area contributed by atoms with E-state index < -0.39 is 0 Å². The molecule has 0 saturated heterocycles. The van der Waals surface area contributed by atoms with Gasteiger partial charge in [0.1, 0.15) is 5.75 Å². The fourth-order valence-electron chi connectivity index (χ4n) is 2.07. The molecular formula is C15H25BrN2O. The van der Waals surface area contributed by atoms with Crippen LogP contribution < -0.4 is 15.8 Å². The van der Waals surface area contributed by atoms with Crippen LogP contribution in [-0.4, -0.2) is 26.7 Å². The van der Waals surface area contributed by atoms with Crippen LogP contribution in [0.4, 0.5) is 0 Å². The summed E-state index contributed by atoms with van der Waals surface area (Å²) in [5.41, 5.74) is 7.10. The normalized spacial score (nSPS) is 11.6. The quantitative estimate of drug-likeness (QED) is 0.721. The Labute approximate surface area is 125 Å². The number of nitrogens with one attached hydrogen (secondary N) is 1. The first-order valence-electron chi connectivity index (χ1n) is 6.72. The number of nitrogens with two attached hydrogens (primary N) is 1. The third kappa shape index (κ3) is 5.93. The maximum absolute atomic E-state index is 5.61. The summed E-state index contributed by atoms with van der Waals surface area (Å²) in [5.74, 6) is 0.950. The highest BCUT2D eigenvalue weighted by atomic mass is 79.9.